The summed E-state index contributed by atoms with van der Waals surface area (Å²) in [6.45, 7) is 3.57. The number of aliphatic imine (C=N–C) groups is 1. The molecule has 5 heteroatoms. The fraction of sp³-hybridized carbons (Fsp3) is 0.588. The van der Waals surface area contributed by atoms with Crippen molar-refractivity contribution in [1.82, 2.24) is 10.6 Å². The summed E-state index contributed by atoms with van der Waals surface area (Å²) in [4.78, 5) is 4.66. The van der Waals surface area contributed by atoms with Crippen LogP contribution < -0.4 is 10.6 Å². The van der Waals surface area contributed by atoms with Gasteiger partial charge in [0, 0.05) is 17.8 Å². The SMILES string of the molecule is CCNC(=NCc1ccc(O)cc1)NC1CCCC(SC)C1. The van der Waals surface area contributed by atoms with Gasteiger partial charge < -0.3 is 15.7 Å². The molecule has 22 heavy (non-hydrogen) atoms. The van der Waals surface area contributed by atoms with E-state index in [-0.39, 0.29) is 0 Å². The molecule has 0 aliphatic heterocycles. The van der Waals surface area contributed by atoms with Crippen molar-refractivity contribution in [3.8, 4) is 5.75 Å². The number of phenols is 1. The molecule has 0 amide bonds. The minimum Gasteiger partial charge on any atom is -0.508 e. The van der Waals surface area contributed by atoms with Crippen LogP contribution in [0.25, 0.3) is 0 Å². The van der Waals surface area contributed by atoms with E-state index < -0.39 is 0 Å². The molecular weight excluding hydrogens is 294 g/mol. The standard InChI is InChI=1S/C17H27N3OS/c1-3-18-17(19-12-13-7-9-15(21)10-8-13)20-14-5-4-6-16(11-14)22-2/h7-10,14,16,21H,3-6,11-12H2,1-2H3,(H2,18,19,20). The van der Waals surface area contributed by atoms with Crippen molar-refractivity contribution >= 4 is 17.7 Å². The van der Waals surface area contributed by atoms with Gasteiger partial charge in [-0.2, -0.15) is 11.8 Å². The molecule has 4 nitrogen and oxygen atoms in total. The minimum atomic E-state index is 0.295. The van der Waals surface area contributed by atoms with Gasteiger partial charge in [-0.1, -0.05) is 18.6 Å². The minimum absolute atomic E-state index is 0.295. The molecule has 1 aromatic rings. The van der Waals surface area contributed by atoms with Gasteiger partial charge >= 0.3 is 0 Å². The second kappa shape index (κ2) is 8.93. The second-order valence-electron chi connectivity index (χ2n) is 5.73. The Labute approximate surface area is 137 Å². The van der Waals surface area contributed by atoms with E-state index in [4.69, 9.17) is 0 Å². The molecule has 1 saturated carbocycles. The largest absolute Gasteiger partial charge is 0.508 e. The van der Waals surface area contributed by atoms with E-state index in [0.717, 1.165) is 23.3 Å². The Balaban J connectivity index is 1.93. The quantitative estimate of drug-likeness (QED) is 0.576. The van der Waals surface area contributed by atoms with E-state index in [1.165, 1.54) is 25.7 Å². The van der Waals surface area contributed by atoms with Crippen molar-refractivity contribution in [2.75, 3.05) is 12.8 Å². The van der Waals surface area contributed by atoms with Crippen LogP contribution in [0.4, 0.5) is 0 Å². The van der Waals surface area contributed by atoms with E-state index in [2.05, 4.69) is 28.8 Å². The smallest absolute Gasteiger partial charge is 0.191 e. The third-order valence-corrected chi connectivity index (χ3v) is 5.10. The van der Waals surface area contributed by atoms with Gasteiger partial charge in [-0.3, -0.25) is 0 Å². The summed E-state index contributed by atoms with van der Waals surface area (Å²) in [5, 5.41) is 17.0. The average molecular weight is 321 g/mol. The molecule has 2 unspecified atom stereocenters. The number of thioether (sulfide) groups is 1. The average Bonchev–Trinajstić information content (AvgIpc) is 2.54. The number of hydrogen-bond donors (Lipinski definition) is 3. The van der Waals surface area contributed by atoms with Crippen molar-refractivity contribution in [2.24, 2.45) is 4.99 Å². The molecule has 2 rings (SSSR count). The van der Waals surface area contributed by atoms with E-state index in [9.17, 15) is 5.11 Å². The number of guanidine groups is 1. The van der Waals surface area contributed by atoms with Crippen LogP contribution in [0.5, 0.6) is 5.75 Å². The monoisotopic (exact) mass is 321 g/mol. The zero-order valence-electron chi connectivity index (χ0n) is 13.5. The van der Waals surface area contributed by atoms with E-state index >= 15 is 0 Å². The molecule has 0 spiro atoms. The maximum Gasteiger partial charge on any atom is 0.191 e. The number of phenolic OH excluding ortho intramolecular Hbond substituents is 1. The molecule has 0 bridgehead atoms. The molecule has 1 aliphatic rings. The van der Waals surface area contributed by atoms with Gasteiger partial charge in [-0.15, -0.1) is 0 Å². The first-order valence-electron chi connectivity index (χ1n) is 8.06. The Hall–Kier alpha value is -1.36. The Bertz CT molecular complexity index is 475. The van der Waals surface area contributed by atoms with E-state index in [1.54, 1.807) is 12.1 Å². The molecule has 2 atom stereocenters. The van der Waals surface area contributed by atoms with Gasteiger partial charge in [0.1, 0.15) is 5.75 Å². The highest BCUT2D eigenvalue weighted by Gasteiger charge is 2.21. The fourth-order valence-electron chi connectivity index (χ4n) is 2.78. The summed E-state index contributed by atoms with van der Waals surface area (Å²) in [6, 6.07) is 7.74. The van der Waals surface area contributed by atoms with Crippen LogP contribution in [-0.4, -0.2) is 35.2 Å². The molecule has 3 N–H and O–H groups in total. The van der Waals surface area contributed by atoms with E-state index in [0.29, 0.717) is 18.3 Å². The maximum atomic E-state index is 9.32. The van der Waals surface area contributed by atoms with Crippen molar-refractivity contribution in [1.29, 1.82) is 0 Å². The zero-order chi connectivity index (χ0) is 15.8. The molecule has 0 saturated heterocycles. The predicted octanol–water partition coefficient (Wildman–Crippen LogP) is 3.12. The summed E-state index contributed by atoms with van der Waals surface area (Å²) in [6.07, 6.45) is 7.27. The molecule has 1 aliphatic carbocycles. The number of rotatable bonds is 5. The lowest BCUT2D eigenvalue weighted by Crippen LogP contribution is -2.45. The molecule has 1 aromatic carbocycles. The topological polar surface area (TPSA) is 56.7 Å². The fourth-order valence-corrected chi connectivity index (χ4v) is 3.60. The van der Waals surface area contributed by atoms with Crippen LogP contribution in [-0.2, 0) is 6.54 Å². The lowest BCUT2D eigenvalue weighted by atomic mass is 9.95. The highest BCUT2D eigenvalue weighted by atomic mass is 32.2. The maximum absolute atomic E-state index is 9.32. The summed E-state index contributed by atoms with van der Waals surface area (Å²) >= 11 is 1.98. The zero-order valence-corrected chi connectivity index (χ0v) is 14.3. The first-order chi connectivity index (χ1) is 10.7. The van der Waals surface area contributed by atoms with Crippen LogP contribution in [0.15, 0.2) is 29.3 Å². The van der Waals surface area contributed by atoms with Crippen molar-refractivity contribution in [2.45, 2.75) is 50.4 Å². The van der Waals surface area contributed by atoms with Crippen LogP contribution in [0.3, 0.4) is 0 Å². The lowest BCUT2D eigenvalue weighted by Gasteiger charge is -2.29. The first kappa shape index (κ1) is 17.0. The predicted molar refractivity (Wildman–Crippen MR) is 95.6 cm³/mol. The third-order valence-electron chi connectivity index (χ3n) is 4.00. The normalized spacial score (nSPS) is 22.4. The van der Waals surface area contributed by atoms with Crippen LogP contribution in [0.1, 0.15) is 38.2 Å². The highest BCUT2D eigenvalue weighted by molar-refractivity contribution is 7.99. The van der Waals surface area contributed by atoms with Gasteiger partial charge in [0.25, 0.3) is 0 Å². The van der Waals surface area contributed by atoms with Crippen LogP contribution in [0, 0.1) is 0 Å². The summed E-state index contributed by atoms with van der Waals surface area (Å²) in [7, 11) is 0. The number of nitrogens with one attached hydrogen (secondary N) is 2. The summed E-state index contributed by atoms with van der Waals surface area (Å²) < 4.78 is 0. The van der Waals surface area contributed by atoms with E-state index in [1.807, 2.05) is 23.9 Å². The molecule has 0 radical (unpaired) electrons. The van der Waals surface area contributed by atoms with Crippen LogP contribution in [0.2, 0.25) is 0 Å². The van der Waals surface area contributed by atoms with Gasteiger partial charge in [0.15, 0.2) is 5.96 Å². The Kier molecular flexibility index (Phi) is 6.90. The Morgan fingerprint density at radius 3 is 2.77 bits per heavy atom. The lowest BCUT2D eigenvalue weighted by molar-refractivity contribution is 0.419. The first-order valence-corrected chi connectivity index (χ1v) is 9.35. The van der Waals surface area contributed by atoms with Crippen molar-refractivity contribution < 1.29 is 5.11 Å². The Morgan fingerprint density at radius 1 is 1.32 bits per heavy atom. The Morgan fingerprint density at radius 2 is 2.09 bits per heavy atom. The number of nitrogens with zero attached hydrogens (tertiary/aromatic N) is 1. The van der Waals surface area contributed by atoms with Gasteiger partial charge in [-0.05, 0) is 50.1 Å². The second-order valence-corrected chi connectivity index (χ2v) is 6.87. The van der Waals surface area contributed by atoms with Gasteiger partial charge in [-0.25, -0.2) is 4.99 Å². The highest BCUT2D eigenvalue weighted by Crippen LogP contribution is 2.26. The molecule has 0 aromatic heterocycles. The number of benzene rings is 1. The van der Waals surface area contributed by atoms with Crippen LogP contribution >= 0.6 is 11.8 Å². The van der Waals surface area contributed by atoms with Crippen molar-refractivity contribution in [3.63, 3.8) is 0 Å². The third kappa shape index (κ3) is 5.44. The van der Waals surface area contributed by atoms with Gasteiger partial charge in [0.05, 0.1) is 6.54 Å². The molecular formula is C17H27N3OS. The molecule has 122 valence electrons. The summed E-state index contributed by atoms with van der Waals surface area (Å²) in [5.74, 6) is 1.19. The summed E-state index contributed by atoms with van der Waals surface area (Å²) in [5.41, 5.74) is 1.10. The molecule has 1 fully saturated rings. The van der Waals surface area contributed by atoms with Crippen molar-refractivity contribution in [3.05, 3.63) is 29.8 Å². The van der Waals surface area contributed by atoms with Gasteiger partial charge in [0.2, 0.25) is 0 Å². The molecule has 0 heterocycles. The number of hydrogen-bond acceptors (Lipinski definition) is 3. The number of aromatic hydroxyl groups is 1.